The van der Waals surface area contributed by atoms with E-state index < -0.39 is 0 Å². The van der Waals surface area contributed by atoms with Gasteiger partial charge in [0.15, 0.2) is 0 Å². The molecule has 1 aliphatic rings. The Bertz CT molecular complexity index is 862. The van der Waals surface area contributed by atoms with Crippen LogP contribution in [0.25, 0.3) is 10.2 Å². The lowest BCUT2D eigenvalue weighted by molar-refractivity contribution is 0.275. The lowest BCUT2D eigenvalue weighted by Gasteiger charge is -2.31. The van der Waals surface area contributed by atoms with Gasteiger partial charge in [-0.25, -0.2) is 9.97 Å². The molecule has 1 aliphatic carbocycles. The van der Waals surface area contributed by atoms with Crippen molar-refractivity contribution in [2.24, 2.45) is 0 Å². The number of aromatic nitrogens is 2. The molecule has 130 valence electrons. The van der Waals surface area contributed by atoms with Crippen molar-refractivity contribution in [2.75, 3.05) is 11.5 Å². The van der Waals surface area contributed by atoms with Crippen molar-refractivity contribution in [3.63, 3.8) is 0 Å². The van der Waals surface area contributed by atoms with Crippen molar-refractivity contribution in [3.8, 4) is 0 Å². The van der Waals surface area contributed by atoms with Crippen LogP contribution in [0.4, 0.5) is 5.82 Å². The first-order valence-electron chi connectivity index (χ1n) is 8.94. The van der Waals surface area contributed by atoms with Gasteiger partial charge in [0.1, 0.15) is 17.0 Å². The molecule has 1 unspecified atom stereocenters. The summed E-state index contributed by atoms with van der Waals surface area (Å²) < 4.78 is 0. The molecule has 4 rings (SSSR count). The SMILES string of the molecule is CC(CCO)N(Cc1ccccc1)c1ncnc2sc3c(c12)CCC3. The summed E-state index contributed by atoms with van der Waals surface area (Å²) in [5, 5.41) is 10.7. The molecule has 0 spiro atoms. The van der Waals surface area contributed by atoms with Gasteiger partial charge >= 0.3 is 0 Å². The third kappa shape index (κ3) is 3.14. The quantitative estimate of drug-likeness (QED) is 0.729. The molecule has 5 heteroatoms. The second-order valence-electron chi connectivity index (χ2n) is 6.71. The average Bonchev–Trinajstić information content (AvgIpc) is 3.21. The summed E-state index contributed by atoms with van der Waals surface area (Å²) in [6, 6.07) is 10.7. The normalized spacial score (nSPS) is 14.6. The standard InChI is InChI=1S/C20H23N3OS/c1-14(10-11-24)23(12-15-6-3-2-4-7-15)19-18-16-8-5-9-17(16)25-20(18)22-13-21-19/h2-4,6-7,13-14,24H,5,8-12H2,1H3. The Morgan fingerprint density at radius 2 is 2.04 bits per heavy atom. The fraction of sp³-hybridized carbons (Fsp3) is 0.400. The van der Waals surface area contributed by atoms with Crippen LogP contribution in [0, 0.1) is 0 Å². The minimum atomic E-state index is 0.183. The van der Waals surface area contributed by atoms with Crippen molar-refractivity contribution >= 4 is 27.4 Å². The van der Waals surface area contributed by atoms with Gasteiger partial charge in [-0.2, -0.15) is 0 Å². The average molecular weight is 353 g/mol. The fourth-order valence-corrected chi connectivity index (χ4v) is 4.92. The van der Waals surface area contributed by atoms with Crippen LogP contribution < -0.4 is 4.90 Å². The number of fused-ring (bicyclic) bond motifs is 3. The molecule has 0 radical (unpaired) electrons. The minimum absolute atomic E-state index is 0.183. The van der Waals surface area contributed by atoms with Gasteiger partial charge < -0.3 is 10.0 Å². The van der Waals surface area contributed by atoms with Gasteiger partial charge in [-0.3, -0.25) is 0 Å². The second-order valence-corrected chi connectivity index (χ2v) is 7.79. The number of hydrogen-bond acceptors (Lipinski definition) is 5. The first-order valence-corrected chi connectivity index (χ1v) is 9.76. The Kier molecular flexibility index (Phi) is 4.68. The highest BCUT2D eigenvalue weighted by Gasteiger charge is 2.25. The Morgan fingerprint density at radius 3 is 2.84 bits per heavy atom. The van der Waals surface area contributed by atoms with Gasteiger partial charge in [-0.05, 0) is 43.7 Å². The number of nitrogens with zero attached hydrogens (tertiary/aromatic N) is 3. The predicted molar refractivity (Wildman–Crippen MR) is 103 cm³/mol. The van der Waals surface area contributed by atoms with Gasteiger partial charge in [0.05, 0.1) is 5.39 Å². The maximum Gasteiger partial charge on any atom is 0.141 e. The maximum atomic E-state index is 9.47. The van der Waals surface area contributed by atoms with Crippen molar-refractivity contribution in [1.82, 2.24) is 9.97 Å². The summed E-state index contributed by atoms with van der Waals surface area (Å²) in [5.74, 6) is 1.02. The van der Waals surface area contributed by atoms with Gasteiger partial charge in [-0.1, -0.05) is 30.3 Å². The molecule has 1 N–H and O–H groups in total. The van der Waals surface area contributed by atoms with Gasteiger partial charge in [-0.15, -0.1) is 11.3 Å². The number of benzene rings is 1. The summed E-state index contributed by atoms with van der Waals surface area (Å²) >= 11 is 1.82. The number of aryl methyl sites for hydroxylation is 2. The predicted octanol–water partition coefficient (Wildman–Crippen LogP) is 3.96. The first-order chi connectivity index (χ1) is 12.3. The smallest absolute Gasteiger partial charge is 0.141 e. The van der Waals surface area contributed by atoms with Crippen LogP contribution in [0.2, 0.25) is 0 Å². The summed E-state index contributed by atoms with van der Waals surface area (Å²) in [7, 11) is 0. The van der Waals surface area contributed by atoms with E-state index >= 15 is 0 Å². The fourth-order valence-electron chi connectivity index (χ4n) is 3.69. The molecule has 2 heterocycles. The third-order valence-electron chi connectivity index (χ3n) is 5.03. The van der Waals surface area contributed by atoms with Crippen molar-refractivity contribution < 1.29 is 5.11 Å². The van der Waals surface area contributed by atoms with E-state index in [1.54, 1.807) is 6.33 Å². The van der Waals surface area contributed by atoms with Gasteiger partial charge in [0, 0.05) is 24.1 Å². The monoisotopic (exact) mass is 353 g/mol. The van der Waals surface area contributed by atoms with Crippen LogP contribution in [-0.4, -0.2) is 27.7 Å². The molecule has 4 nitrogen and oxygen atoms in total. The topological polar surface area (TPSA) is 49.2 Å². The maximum absolute atomic E-state index is 9.47. The molecule has 0 amide bonds. The largest absolute Gasteiger partial charge is 0.396 e. The lowest BCUT2D eigenvalue weighted by atomic mass is 10.1. The summed E-state index contributed by atoms with van der Waals surface area (Å²) in [6.07, 6.45) is 5.94. The summed E-state index contributed by atoms with van der Waals surface area (Å²) in [6.45, 7) is 3.14. The number of aliphatic hydroxyl groups is 1. The molecule has 0 fully saturated rings. The van der Waals surface area contributed by atoms with E-state index in [9.17, 15) is 5.11 Å². The van der Waals surface area contributed by atoms with Crippen LogP contribution in [0.3, 0.4) is 0 Å². The lowest BCUT2D eigenvalue weighted by Crippen LogP contribution is -2.34. The number of hydrogen-bond donors (Lipinski definition) is 1. The molecule has 0 aliphatic heterocycles. The number of rotatable bonds is 6. The Morgan fingerprint density at radius 1 is 1.20 bits per heavy atom. The molecule has 25 heavy (non-hydrogen) atoms. The minimum Gasteiger partial charge on any atom is -0.396 e. The van der Waals surface area contributed by atoms with E-state index in [1.807, 2.05) is 17.4 Å². The third-order valence-corrected chi connectivity index (χ3v) is 6.23. The summed E-state index contributed by atoms with van der Waals surface area (Å²) in [5.41, 5.74) is 2.70. The number of thiophene rings is 1. The van der Waals surface area contributed by atoms with E-state index in [-0.39, 0.29) is 12.6 Å². The van der Waals surface area contributed by atoms with E-state index in [4.69, 9.17) is 4.98 Å². The van der Waals surface area contributed by atoms with E-state index in [2.05, 4.69) is 41.1 Å². The molecular weight excluding hydrogens is 330 g/mol. The van der Waals surface area contributed by atoms with Crippen molar-refractivity contribution in [2.45, 2.75) is 45.2 Å². The molecule has 0 saturated carbocycles. The van der Waals surface area contributed by atoms with Crippen LogP contribution in [-0.2, 0) is 19.4 Å². The second kappa shape index (κ2) is 7.10. The zero-order chi connectivity index (χ0) is 17.2. The highest BCUT2D eigenvalue weighted by Crippen LogP contribution is 2.40. The summed E-state index contributed by atoms with van der Waals surface area (Å²) in [4.78, 5) is 14.1. The van der Waals surface area contributed by atoms with Crippen LogP contribution in [0.5, 0.6) is 0 Å². The molecular formula is C20H23N3OS. The van der Waals surface area contributed by atoms with Crippen molar-refractivity contribution in [3.05, 3.63) is 52.7 Å². The van der Waals surface area contributed by atoms with E-state index in [1.165, 1.54) is 34.2 Å². The van der Waals surface area contributed by atoms with Crippen molar-refractivity contribution in [1.29, 1.82) is 0 Å². The molecule has 3 aromatic rings. The van der Waals surface area contributed by atoms with Crippen LogP contribution in [0.15, 0.2) is 36.7 Å². The highest BCUT2D eigenvalue weighted by molar-refractivity contribution is 7.19. The molecule has 0 saturated heterocycles. The van der Waals surface area contributed by atoms with E-state index in [0.29, 0.717) is 0 Å². The van der Waals surface area contributed by atoms with Gasteiger partial charge in [0.25, 0.3) is 0 Å². The zero-order valence-electron chi connectivity index (χ0n) is 14.5. The number of aliphatic hydroxyl groups excluding tert-OH is 1. The van der Waals surface area contributed by atoms with Crippen LogP contribution in [0.1, 0.15) is 35.8 Å². The first kappa shape index (κ1) is 16.5. The molecule has 2 aromatic heterocycles. The Hall–Kier alpha value is -1.98. The Balaban J connectivity index is 1.80. The highest BCUT2D eigenvalue weighted by atomic mass is 32.1. The number of anilines is 1. The van der Waals surface area contributed by atoms with Crippen LogP contribution >= 0.6 is 11.3 Å². The zero-order valence-corrected chi connectivity index (χ0v) is 15.3. The molecule has 1 aromatic carbocycles. The van der Waals surface area contributed by atoms with E-state index in [0.717, 1.165) is 30.0 Å². The molecule has 1 atom stereocenters. The Labute approximate surface area is 152 Å². The molecule has 0 bridgehead atoms. The van der Waals surface area contributed by atoms with Gasteiger partial charge in [0.2, 0.25) is 0 Å².